The van der Waals surface area contributed by atoms with Crippen molar-refractivity contribution in [3.05, 3.63) is 34.3 Å². The number of rotatable bonds is 7. The third kappa shape index (κ3) is 5.55. The van der Waals surface area contributed by atoms with Gasteiger partial charge in [0.2, 0.25) is 0 Å². The van der Waals surface area contributed by atoms with Gasteiger partial charge in [-0.3, -0.25) is 0 Å². The predicted octanol–water partition coefficient (Wildman–Crippen LogP) is 4.18. The molecule has 112 valence electrons. The molecule has 1 saturated heterocycles. The van der Waals surface area contributed by atoms with Gasteiger partial charge >= 0.3 is 0 Å². The van der Waals surface area contributed by atoms with Crippen LogP contribution in [0.5, 0.6) is 0 Å². The lowest BCUT2D eigenvalue weighted by Gasteiger charge is -2.27. The van der Waals surface area contributed by atoms with Crippen LogP contribution < -0.4 is 5.32 Å². The van der Waals surface area contributed by atoms with Crippen LogP contribution in [0.1, 0.15) is 38.2 Å². The highest BCUT2D eigenvalue weighted by molar-refractivity contribution is 9.10. The van der Waals surface area contributed by atoms with Gasteiger partial charge in [0.1, 0.15) is 0 Å². The van der Waals surface area contributed by atoms with Crippen molar-refractivity contribution in [3.63, 3.8) is 0 Å². The van der Waals surface area contributed by atoms with Gasteiger partial charge in [0.05, 0.1) is 0 Å². The van der Waals surface area contributed by atoms with E-state index in [9.17, 15) is 0 Å². The van der Waals surface area contributed by atoms with Crippen LogP contribution in [0.25, 0.3) is 0 Å². The Hall–Kier alpha value is -0.380. The first-order chi connectivity index (χ1) is 9.78. The first-order valence-electron chi connectivity index (χ1n) is 7.83. The predicted molar refractivity (Wildman–Crippen MR) is 88.1 cm³/mol. The van der Waals surface area contributed by atoms with Crippen LogP contribution in [-0.4, -0.2) is 25.8 Å². The Kier molecular flexibility index (Phi) is 7.05. The lowest BCUT2D eigenvalue weighted by Crippen LogP contribution is -2.35. The molecular formula is C17H26BrNO. The van der Waals surface area contributed by atoms with E-state index in [1.165, 1.54) is 31.2 Å². The van der Waals surface area contributed by atoms with E-state index in [2.05, 4.69) is 52.4 Å². The Morgan fingerprint density at radius 2 is 1.95 bits per heavy atom. The van der Waals surface area contributed by atoms with E-state index in [0.29, 0.717) is 6.04 Å². The van der Waals surface area contributed by atoms with Crippen molar-refractivity contribution in [2.45, 2.75) is 45.1 Å². The Labute approximate surface area is 131 Å². The molecule has 1 unspecified atom stereocenters. The molecule has 0 aliphatic carbocycles. The van der Waals surface area contributed by atoms with Crippen LogP contribution in [0.2, 0.25) is 0 Å². The number of benzene rings is 1. The standard InChI is InChI=1S/C17H26BrNO/c1-2-9-19-17(13-15-7-10-20-11-8-15)12-14-3-5-16(18)6-4-14/h3-6,15,17,19H,2,7-13H2,1H3. The number of ether oxygens (including phenoxy) is 1. The SMILES string of the molecule is CCCNC(Cc1ccc(Br)cc1)CC1CCOCC1. The van der Waals surface area contributed by atoms with Gasteiger partial charge in [0, 0.05) is 23.7 Å². The number of nitrogens with one attached hydrogen (secondary N) is 1. The van der Waals surface area contributed by atoms with Crippen LogP contribution in [-0.2, 0) is 11.2 Å². The molecule has 0 bridgehead atoms. The molecule has 0 radical (unpaired) electrons. The Morgan fingerprint density at radius 3 is 2.60 bits per heavy atom. The van der Waals surface area contributed by atoms with Gasteiger partial charge in [-0.2, -0.15) is 0 Å². The summed E-state index contributed by atoms with van der Waals surface area (Å²) in [6, 6.07) is 9.34. The molecule has 2 rings (SSSR count). The van der Waals surface area contributed by atoms with Crippen LogP contribution in [0, 0.1) is 5.92 Å². The van der Waals surface area contributed by atoms with E-state index in [1.807, 2.05) is 0 Å². The van der Waals surface area contributed by atoms with Crippen molar-refractivity contribution in [2.24, 2.45) is 5.92 Å². The molecule has 0 saturated carbocycles. The summed E-state index contributed by atoms with van der Waals surface area (Å²) in [7, 11) is 0. The molecule has 1 aromatic rings. The largest absolute Gasteiger partial charge is 0.381 e. The first-order valence-corrected chi connectivity index (χ1v) is 8.62. The molecule has 1 heterocycles. The molecule has 0 spiro atoms. The minimum Gasteiger partial charge on any atom is -0.381 e. The van der Waals surface area contributed by atoms with Gasteiger partial charge < -0.3 is 10.1 Å². The van der Waals surface area contributed by atoms with E-state index in [4.69, 9.17) is 4.74 Å². The second kappa shape index (κ2) is 8.81. The van der Waals surface area contributed by atoms with Crippen LogP contribution >= 0.6 is 15.9 Å². The molecule has 3 heteroatoms. The number of hydrogen-bond acceptors (Lipinski definition) is 2. The van der Waals surface area contributed by atoms with Crippen molar-refractivity contribution in [1.29, 1.82) is 0 Å². The molecule has 1 aromatic carbocycles. The molecule has 2 nitrogen and oxygen atoms in total. The first kappa shape index (κ1) is 16.0. The van der Waals surface area contributed by atoms with Gasteiger partial charge in [0.15, 0.2) is 0 Å². The maximum atomic E-state index is 5.47. The van der Waals surface area contributed by atoms with Gasteiger partial charge in [-0.25, -0.2) is 0 Å². The molecule has 1 N–H and O–H groups in total. The summed E-state index contributed by atoms with van der Waals surface area (Å²) >= 11 is 3.50. The molecule has 0 amide bonds. The van der Waals surface area contributed by atoms with Crippen molar-refractivity contribution in [1.82, 2.24) is 5.32 Å². The summed E-state index contributed by atoms with van der Waals surface area (Å²) in [4.78, 5) is 0. The molecule has 1 aliphatic heterocycles. The van der Waals surface area contributed by atoms with E-state index in [1.54, 1.807) is 0 Å². The second-order valence-electron chi connectivity index (χ2n) is 5.77. The lowest BCUT2D eigenvalue weighted by atomic mass is 9.90. The van der Waals surface area contributed by atoms with E-state index < -0.39 is 0 Å². The van der Waals surface area contributed by atoms with E-state index in [-0.39, 0.29) is 0 Å². The van der Waals surface area contributed by atoms with E-state index >= 15 is 0 Å². The van der Waals surface area contributed by atoms with Gasteiger partial charge in [-0.1, -0.05) is 35.0 Å². The molecule has 20 heavy (non-hydrogen) atoms. The Balaban J connectivity index is 1.89. The summed E-state index contributed by atoms with van der Waals surface area (Å²) in [6.07, 6.45) is 6.06. The van der Waals surface area contributed by atoms with Gasteiger partial charge in [-0.05, 0) is 62.3 Å². The smallest absolute Gasteiger partial charge is 0.0468 e. The van der Waals surface area contributed by atoms with Crippen molar-refractivity contribution < 1.29 is 4.74 Å². The zero-order chi connectivity index (χ0) is 14.2. The maximum absolute atomic E-state index is 5.47. The highest BCUT2D eigenvalue weighted by Crippen LogP contribution is 2.22. The van der Waals surface area contributed by atoms with Gasteiger partial charge in [-0.15, -0.1) is 0 Å². The maximum Gasteiger partial charge on any atom is 0.0468 e. The zero-order valence-electron chi connectivity index (χ0n) is 12.4. The molecule has 1 aliphatic rings. The minimum atomic E-state index is 0.597. The summed E-state index contributed by atoms with van der Waals surface area (Å²) in [5.74, 6) is 0.827. The van der Waals surface area contributed by atoms with Crippen molar-refractivity contribution in [2.75, 3.05) is 19.8 Å². The normalized spacial score (nSPS) is 18.1. The monoisotopic (exact) mass is 339 g/mol. The number of halogens is 1. The van der Waals surface area contributed by atoms with Crippen LogP contribution in [0.3, 0.4) is 0 Å². The highest BCUT2D eigenvalue weighted by atomic mass is 79.9. The molecule has 1 fully saturated rings. The molecular weight excluding hydrogens is 314 g/mol. The zero-order valence-corrected chi connectivity index (χ0v) is 14.0. The van der Waals surface area contributed by atoms with E-state index in [0.717, 1.165) is 36.6 Å². The topological polar surface area (TPSA) is 21.3 Å². The molecule has 0 aromatic heterocycles. The third-order valence-electron chi connectivity index (χ3n) is 4.04. The quantitative estimate of drug-likeness (QED) is 0.804. The summed E-state index contributed by atoms with van der Waals surface area (Å²) in [5.41, 5.74) is 1.42. The Morgan fingerprint density at radius 1 is 1.25 bits per heavy atom. The summed E-state index contributed by atoms with van der Waals surface area (Å²) < 4.78 is 6.62. The van der Waals surface area contributed by atoms with Gasteiger partial charge in [0.25, 0.3) is 0 Å². The highest BCUT2D eigenvalue weighted by Gasteiger charge is 2.19. The van der Waals surface area contributed by atoms with Crippen molar-refractivity contribution in [3.8, 4) is 0 Å². The molecule has 1 atom stereocenters. The average molecular weight is 340 g/mol. The fraction of sp³-hybridized carbons (Fsp3) is 0.647. The lowest BCUT2D eigenvalue weighted by molar-refractivity contribution is 0.0605. The minimum absolute atomic E-state index is 0.597. The third-order valence-corrected chi connectivity index (χ3v) is 4.57. The average Bonchev–Trinajstić information content (AvgIpc) is 2.48. The van der Waals surface area contributed by atoms with Crippen molar-refractivity contribution >= 4 is 15.9 Å². The van der Waals surface area contributed by atoms with Crippen LogP contribution in [0.15, 0.2) is 28.7 Å². The fourth-order valence-electron chi connectivity index (χ4n) is 2.88. The summed E-state index contributed by atoms with van der Waals surface area (Å²) in [5, 5.41) is 3.73. The Bertz CT molecular complexity index is 373. The fourth-order valence-corrected chi connectivity index (χ4v) is 3.14. The summed E-state index contributed by atoms with van der Waals surface area (Å²) in [6.45, 7) is 5.25. The number of hydrogen-bond donors (Lipinski definition) is 1. The second-order valence-corrected chi connectivity index (χ2v) is 6.69. The van der Waals surface area contributed by atoms with Crippen LogP contribution in [0.4, 0.5) is 0 Å².